The molecule has 2 rings (SSSR count). The fraction of sp³-hybridized carbons (Fsp3) is 1.00. The van der Waals surface area contributed by atoms with Crippen LogP contribution < -0.4 is 5.32 Å². The lowest BCUT2D eigenvalue weighted by molar-refractivity contribution is 0.0481. The molecule has 0 bridgehead atoms. The lowest BCUT2D eigenvalue weighted by Gasteiger charge is -2.27. The van der Waals surface area contributed by atoms with Crippen molar-refractivity contribution in [1.82, 2.24) is 9.62 Å². The molecule has 6 heteroatoms. The van der Waals surface area contributed by atoms with Crippen molar-refractivity contribution in [2.75, 3.05) is 45.1 Å². The van der Waals surface area contributed by atoms with E-state index in [0.717, 1.165) is 26.0 Å². The van der Waals surface area contributed by atoms with Crippen molar-refractivity contribution < 1.29 is 13.2 Å². The third-order valence-electron chi connectivity index (χ3n) is 3.18. The maximum atomic E-state index is 11.9. The summed E-state index contributed by atoms with van der Waals surface area (Å²) in [4.78, 5) is 0. The number of sulfonamides is 1. The van der Waals surface area contributed by atoms with Crippen LogP contribution in [0.2, 0.25) is 0 Å². The van der Waals surface area contributed by atoms with Gasteiger partial charge in [-0.2, -0.15) is 0 Å². The van der Waals surface area contributed by atoms with E-state index in [1.807, 2.05) is 0 Å². The van der Waals surface area contributed by atoms with Crippen LogP contribution in [0.1, 0.15) is 12.8 Å². The fourth-order valence-electron chi connectivity index (χ4n) is 2.24. The molecule has 2 aliphatic rings. The lowest BCUT2D eigenvalue weighted by atomic mass is 10.0. The van der Waals surface area contributed by atoms with E-state index < -0.39 is 10.0 Å². The summed E-state index contributed by atoms with van der Waals surface area (Å²) in [6, 6.07) is 0. The Morgan fingerprint density at radius 2 is 2.25 bits per heavy atom. The zero-order valence-electron chi connectivity index (χ0n) is 9.52. The number of nitrogens with one attached hydrogen (secondary N) is 1. The molecule has 1 N–H and O–H groups in total. The highest BCUT2D eigenvalue weighted by Crippen LogP contribution is 2.17. The minimum Gasteiger partial charge on any atom is -0.381 e. The van der Waals surface area contributed by atoms with Gasteiger partial charge in [0.2, 0.25) is 10.0 Å². The van der Waals surface area contributed by atoms with Crippen LogP contribution in [0.25, 0.3) is 0 Å². The van der Waals surface area contributed by atoms with E-state index in [2.05, 4.69) is 5.32 Å². The Bertz CT molecular complexity index is 312. The Morgan fingerprint density at radius 3 is 3.00 bits per heavy atom. The van der Waals surface area contributed by atoms with Crippen LogP contribution in [0, 0.1) is 5.92 Å². The molecule has 1 atom stereocenters. The molecular formula is C10H20N2O3S. The molecule has 2 fully saturated rings. The van der Waals surface area contributed by atoms with Crippen molar-refractivity contribution in [1.29, 1.82) is 0 Å². The first-order valence-electron chi connectivity index (χ1n) is 5.95. The normalized spacial score (nSPS) is 32.1. The second kappa shape index (κ2) is 5.44. The van der Waals surface area contributed by atoms with E-state index in [-0.39, 0.29) is 5.75 Å². The maximum Gasteiger partial charge on any atom is 0.215 e. The van der Waals surface area contributed by atoms with E-state index in [4.69, 9.17) is 4.74 Å². The average molecular weight is 248 g/mol. The molecule has 0 aromatic rings. The van der Waals surface area contributed by atoms with Crippen molar-refractivity contribution in [2.45, 2.75) is 12.8 Å². The summed E-state index contributed by atoms with van der Waals surface area (Å²) < 4.78 is 30.9. The van der Waals surface area contributed by atoms with Gasteiger partial charge in [0.15, 0.2) is 0 Å². The quantitative estimate of drug-likeness (QED) is 0.725. The van der Waals surface area contributed by atoms with Gasteiger partial charge in [-0.3, -0.25) is 0 Å². The van der Waals surface area contributed by atoms with Crippen molar-refractivity contribution >= 4 is 10.0 Å². The third kappa shape index (κ3) is 3.16. The first-order valence-corrected chi connectivity index (χ1v) is 7.56. The summed E-state index contributed by atoms with van der Waals surface area (Å²) in [5.74, 6) is 0.599. The van der Waals surface area contributed by atoms with Gasteiger partial charge in [-0.25, -0.2) is 12.7 Å². The summed E-state index contributed by atoms with van der Waals surface area (Å²) in [6.07, 6.45) is 2.14. The van der Waals surface area contributed by atoms with E-state index in [1.54, 1.807) is 4.31 Å². The van der Waals surface area contributed by atoms with Crippen molar-refractivity contribution in [2.24, 2.45) is 5.92 Å². The molecule has 0 saturated carbocycles. The molecule has 5 nitrogen and oxygen atoms in total. The molecular weight excluding hydrogens is 228 g/mol. The molecule has 0 aliphatic carbocycles. The first-order chi connectivity index (χ1) is 7.68. The standard InChI is InChI=1S/C10H20N2O3S/c13-16(14)7-4-11-3-5-12(16)8-10-2-1-6-15-9-10/h10-11H,1-9H2. The van der Waals surface area contributed by atoms with Crippen LogP contribution in [0.4, 0.5) is 0 Å². The number of nitrogens with zero attached hydrogens (tertiary/aromatic N) is 1. The van der Waals surface area contributed by atoms with Gasteiger partial charge < -0.3 is 10.1 Å². The Morgan fingerprint density at radius 1 is 1.38 bits per heavy atom. The van der Waals surface area contributed by atoms with Gasteiger partial charge in [0, 0.05) is 32.8 Å². The number of hydrogen-bond donors (Lipinski definition) is 1. The van der Waals surface area contributed by atoms with Crippen LogP contribution in [-0.4, -0.2) is 57.9 Å². The predicted octanol–water partition coefficient (Wildman–Crippen LogP) is -0.352. The Kier molecular flexibility index (Phi) is 4.18. The molecule has 0 radical (unpaired) electrons. The third-order valence-corrected chi connectivity index (χ3v) is 5.02. The van der Waals surface area contributed by atoms with Crippen LogP contribution in [0.3, 0.4) is 0 Å². The van der Waals surface area contributed by atoms with Crippen molar-refractivity contribution in [3.63, 3.8) is 0 Å². The molecule has 94 valence electrons. The smallest absolute Gasteiger partial charge is 0.215 e. The van der Waals surface area contributed by atoms with Gasteiger partial charge in [-0.15, -0.1) is 0 Å². The van der Waals surface area contributed by atoms with Crippen LogP contribution in [0.5, 0.6) is 0 Å². The Labute approximate surface area is 97.2 Å². The van der Waals surface area contributed by atoms with Crippen LogP contribution >= 0.6 is 0 Å². The van der Waals surface area contributed by atoms with Gasteiger partial charge >= 0.3 is 0 Å². The average Bonchev–Trinajstić information content (AvgIpc) is 2.43. The van der Waals surface area contributed by atoms with E-state index in [0.29, 0.717) is 32.2 Å². The number of ether oxygens (including phenoxy) is 1. The van der Waals surface area contributed by atoms with Crippen LogP contribution in [0.15, 0.2) is 0 Å². The number of rotatable bonds is 2. The monoisotopic (exact) mass is 248 g/mol. The molecule has 2 saturated heterocycles. The van der Waals surface area contributed by atoms with Gasteiger partial charge in [-0.1, -0.05) is 0 Å². The summed E-state index contributed by atoms with van der Waals surface area (Å²) >= 11 is 0. The zero-order chi connectivity index (χ0) is 11.4. The molecule has 1 unspecified atom stereocenters. The van der Waals surface area contributed by atoms with Gasteiger partial charge in [0.1, 0.15) is 0 Å². The van der Waals surface area contributed by atoms with E-state index in [1.165, 1.54) is 0 Å². The number of hydrogen-bond acceptors (Lipinski definition) is 4. The van der Waals surface area contributed by atoms with E-state index in [9.17, 15) is 8.42 Å². The maximum absolute atomic E-state index is 11.9. The highest BCUT2D eigenvalue weighted by atomic mass is 32.2. The van der Waals surface area contributed by atoms with E-state index >= 15 is 0 Å². The predicted molar refractivity (Wildman–Crippen MR) is 61.8 cm³/mol. The fourth-order valence-corrected chi connectivity index (χ4v) is 3.71. The highest BCUT2D eigenvalue weighted by Gasteiger charge is 2.27. The molecule has 0 aromatic heterocycles. The van der Waals surface area contributed by atoms with Gasteiger partial charge in [0.25, 0.3) is 0 Å². The second-order valence-corrected chi connectivity index (χ2v) is 6.60. The molecule has 0 amide bonds. The van der Waals surface area contributed by atoms with Gasteiger partial charge in [-0.05, 0) is 18.8 Å². The van der Waals surface area contributed by atoms with Crippen molar-refractivity contribution in [3.8, 4) is 0 Å². The zero-order valence-corrected chi connectivity index (χ0v) is 10.3. The molecule has 2 heterocycles. The second-order valence-electron chi connectivity index (χ2n) is 4.51. The minimum atomic E-state index is -3.04. The summed E-state index contributed by atoms with van der Waals surface area (Å²) in [6.45, 7) is 4.08. The summed E-state index contributed by atoms with van der Waals surface area (Å²) in [7, 11) is -3.04. The SMILES string of the molecule is O=S1(=O)CCNCCN1CC1CCCOC1. The lowest BCUT2D eigenvalue weighted by Crippen LogP contribution is -2.39. The molecule has 0 spiro atoms. The topological polar surface area (TPSA) is 58.6 Å². The molecule has 16 heavy (non-hydrogen) atoms. The molecule has 2 aliphatic heterocycles. The Balaban J connectivity index is 1.95. The largest absolute Gasteiger partial charge is 0.381 e. The summed E-state index contributed by atoms with van der Waals surface area (Å²) in [5, 5.41) is 3.12. The molecule has 0 aromatic carbocycles. The highest BCUT2D eigenvalue weighted by molar-refractivity contribution is 7.89. The van der Waals surface area contributed by atoms with Gasteiger partial charge in [0.05, 0.1) is 12.4 Å². The minimum absolute atomic E-state index is 0.223. The summed E-state index contributed by atoms with van der Waals surface area (Å²) in [5.41, 5.74) is 0. The van der Waals surface area contributed by atoms with Crippen LogP contribution in [-0.2, 0) is 14.8 Å². The van der Waals surface area contributed by atoms with Crippen molar-refractivity contribution in [3.05, 3.63) is 0 Å². The Hall–Kier alpha value is -0.170. The first kappa shape index (κ1) is 12.3.